The first-order valence-corrected chi connectivity index (χ1v) is 5.57. The van der Waals surface area contributed by atoms with Crippen molar-refractivity contribution >= 4 is 5.97 Å². The van der Waals surface area contributed by atoms with E-state index in [4.69, 9.17) is 10.4 Å². The van der Waals surface area contributed by atoms with Gasteiger partial charge in [0.15, 0.2) is 0 Å². The molecule has 2 aliphatic rings. The molecule has 2 N–H and O–H groups in total. The fraction of sp³-hybridized carbons (Fsp3) is 0.818. The third-order valence-electron chi connectivity index (χ3n) is 3.82. The van der Waals surface area contributed by atoms with Gasteiger partial charge in [-0.25, -0.2) is 0 Å². The molecule has 0 saturated heterocycles. The highest BCUT2D eigenvalue weighted by molar-refractivity contribution is 5.72. The summed E-state index contributed by atoms with van der Waals surface area (Å²) in [7, 11) is 0. The molecule has 82 valence electrons. The summed E-state index contributed by atoms with van der Waals surface area (Å²) >= 11 is 0. The Morgan fingerprint density at radius 2 is 2.20 bits per heavy atom. The van der Waals surface area contributed by atoms with Gasteiger partial charge in [-0.05, 0) is 31.1 Å². The lowest BCUT2D eigenvalue weighted by Gasteiger charge is -2.28. The molecule has 2 rings (SSSR count). The first kappa shape index (κ1) is 10.4. The number of fused-ring (bicyclic) bond motifs is 2. The summed E-state index contributed by atoms with van der Waals surface area (Å²) in [6.07, 6.45) is 3.73. The highest BCUT2D eigenvalue weighted by Crippen LogP contribution is 2.48. The van der Waals surface area contributed by atoms with Crippen molar-refractivity contribution in [2.75, 3.05) is 6.54 Å². The first-order valence-electron chi connectivity index (χ1n) is 5.57. The molecule has 0 radical (unpaired) electrons. The van der Waals surface area contributed by atoms with Gasteiger partial charge in [-0.3, -0.25) is 4.79 Å². The van der Waals surface area contributed by atoms with Crippen molar-refractivity contribution in [1.82, 2.24) is 5.32 Å². The van der Waals surface area contributed by atoms with Crippen LogP contribution in [-0.4, -0.2) is 23.7 Å². The number of rotatable bonds is 4. The number of nitrogens with zero attached hydrogens (tertiary/aromatic N) is 1. The van der Waals surface area contributed by atoms with Gasteiger partial charge in [-0.2, -0.15) is 5.26 Å². The summed E-state index contributed by atoms with van der Waals surface area (Å²) in [6, 6.07) is 2.18. The quantitative estimate of drug-likeness (QED) is 0.676. The smallest absolute Gasteiger partial charge is 0.308 e. The highest BCUT2D eigenvalue weighted by atomic mass is 16.4. The summed E-state index contributed by atoms with van der Waals surface area (Å²) < 4.78 is 0. The maximum absolute atomic E-state index is 11.1. The zero-order valence-electron chi connectivity index (χ0n) is 8.65. The molecule has 4 atom stereocenters. The molecule has 0 aromatic heterocycles. The Morgan fingerprint density at radius 1 is 1.47 bits per heavy atom. The van der Waals surface area contributed by atoms with Crippen LogP contribution in [0.3, 0.4) is 0 Å². The van der Waals surface area contributed by atoms with Crippen LogP contribution in [0.4, 0.5) is 0 Å². The van der Waals surface area contributed by atoms with E-state index in [9.17, 15) is 4.79 Å². The predicted molar refractivity (Wildman–Crippen MR) is 54.0 cm³/mol. The number of carboxylic acids is 1. The highest BCUT2D eigenvalue weighted by Gasteiger charge is 2.50. The summed E-state index contributed by atoms with van der Waals surface area (Å²) in [5.41, 5.74) is 0. The zero-order valence-corrected chi connectivity index (χ0v) is 8.65. The van der Waals surface area contributed by atoms with Crippen LogP contribution in [0, 0.1) is 29.1 Å². The van der Waals surface area contributed by atoms with Crippen LogP contribution in [0.25, 0.3) is 0 Å². The average Bonchev–Trinajstić information content (AvgIpc) is 2.77. The van der Waals surface area contributed by atoms with Crippen molar-refractivity contribution in [2.24, 2.45) is 17.8 Å². The van der Waals surface area contributed by atoms with Crippen LogP contribution < -0.4 is 5.32 Å². The van der Waals surface area contributed by atoms with E-state index in [1.165, 1.54) is 0 Å². The van der Waals surface area contributed by atoms with E-state index in [1.807, 2.05) is 0 Å². The van der Waals surface area contributed by atoms with Gasteiger partial charge in [-0.15, -0.1) is 0 Å². The van der Waals surface area contributed by atoms with E-state index in [1.54, 1.807) is 0 Å². The molecule has 0 aromatic carbocycles. The Balaban J connectivity index is 1.96. The van der Waals surface area contributed by atoms with Crippen LogP contribution >= 0.6 is 0 Å². The van der Waals surface area contributed by atoms with Crippen LogP contribution in [0.5, 0.6) is 0 Å². The Morgan fingerprint density at radius 3 is 2.87 bits per heavy atom. The largest absolute Gasteiger partial charge is 0.481 e. The molecule has 4 heteroatoms. The number of nitriles is 1. The molecule has 0 aromatic rings. The van der Waals surface area contributed by atoms with Crippen molar-refractivity contribution in [1.29, 1.82) is 5.26 Å². The first-order chi connectivity index (χ1) is 7.24. The molecular weight excluding hydrogens is 192 g/mol. The molecule has 0 spiro atoms. The molecule has 2 fully saturated rings. The molecule has 15 heavy (non-hydrogen) atoms. The number of hydrogen-bond donors (Lipinski definition) is 2. The van der Waals surface area contributed by atoms with E-state index in [-0.39, 0.29) is 12.0 Å². The summed E-state index contributed by atoms with van der Waals surface area (Å²) in [5, 5.41) is 20.8. The minimum absolute atomic E-state index is 0.106. The lowest BCUT2D eigenvalue weighted by Crippen LogP contribution is -2.44. The third-order valence-corrected chi connectivity index (χ3v) is 3.82. The summed E-state index contributed by atoms with van der Waals surface area (Å²) in [5.74, 6) is 0.000907. The van der Waals surface area contributed by atoms with E-state index < -0.39 is 5.97 Å². The lowest BCUT2D eigenvalue weighted by atomic mass is 9.84. The molecule has 2 saturated carbocycles. The van der Waals surface area contributed by atoms with Crippen LogP contribution in [0.2, 0.25) is 0 Å². The molecule has 0 amide bonds. The molecule has 2 bridgehead atoms. The van der Waals surface area contributed by atoms with E-state index >= 15 is 0 Å². The van der Waals surface area contributed by atoms with E-state index in [2.05, 4.69) is 11.4 Å². The van der Waals surface area contributed by atoms with Crippen molar-refractivity contribution < 1.29 is 9.90 Å². The molecule has 0 aliphatic heterocycles. The topological polar surface area (TPSA) is 73.1 Å². The Kier molecular flexibility index (Phi) is 2.92. The fourth-order valence-corrected chi connectivity index (χ4v) is 3.24. The van der Waals surface area contributed by atoms with Crippen molar-refractivity contribution in [3.05, 3.63) is 0 Å². The minimum atomic E-state index is -0.670. The Hall–Kier alpha value is -1.08. The van der Waals surface area contributed by atoms with Gasteiger partial charge in [-0.1, -0.05) is 0 Å². The van der Waals surface area contributed by atoms with E-state index in [0.717, 1.165) is 19.3 Å². The van der Waals surface area contributed by atoms with Gasteiger partial charge in [0, 0.05) is 19.0 Å². The van der Waals surface area contributed by atoms with Crippen molar-refractivity contribution in [2.45, 2.75) is 31.7 Å². The molecule has 0 heterocycles. The zero-order chi connectivity index (χ0) is 10.8. The Bertz CT molecular complexity index is 297. The molecule has 4 unspecified atom stereocenters. The lowest BCUT2D eigenvalue weighted by molar-refractivity contribution is -0.144. The fourth-order valence-electron chi connectivity index (χ4n) is 3.24. The second-order valence-electron chi connectivity index (χ2n) is 4.59. The second-order valence-corrected chi connectivity index (χ2v) is 4.59. The van der Waals surface area contributed by atoms with Gasteiger partial charge in [0.25, 0.3) is 0 Å². The van der Waals surface area contributed by atoms with Gasteiger partial charge in [0.1, 0.15) is 0 Å². The standard InChI is InChI=1S/C11H16N2O2/c12-4-1-5-13-10-8-3-2-7(6-8)9(10)11(14)15/h7-10,13H,1-3,5-6H2,(H,14,15). The normalized spacial score (nSPS) is 37.8. The predicted octanol–water partition coefficient (Wildman–Crippen LogP) is 0.989. The monoisotopic (exact) mass is 208 g/mol. The molecule has 4 nitrogen and oxygen atoms in total. The SMILES string of the molecule is N#CCCNC1C2CCC(C2)C1C(=O)O. The molecule has 2 aliphatic carbocycles. The van der Waals surface area contributed by atoms with Gasteiger partial charge >= 0.3 is 5.97 Å². The second kappa shape index (κ2) is 4.19. The van der Waals surface area contributed by atoms with Crippen molar-refractivity contribution in [3.8, 4) is 6.07 Å². The van der Waals surface area contributed by atoms with Crippen molar-refractivity contribution in [3.63, 3.8) is 0 Å². The van der Waals surface area contributed by atoms with Gasteiger partial charge in [0.2, 0.25) is 0 Å². The van der Waals surface area contributed by atoms with Gasteiger partial charge in [0.05, 0.1) is 12.0 Å². The van der Waals surface area contributed by atoms with Crippen LogP contribution in [0.15, 0.2) is 0 Å². The maximum atomic E-state index is 11.1. The molecular formula is C11H16N2O2. The van der Waals surface area contributed by atoms with Crippen LogP contribution in [0.1, 0.15) is 25.7 Å². The Labute approximate surface area is 89.3 Å². The minimum Gasteiger partial charge on any atom is -0.481 e. The average molecular weight is 208 g/mol. The number of carboxylic acid groups (broad SMARTS) is 1. The summed E-state index contributed by atoms with van der Waals surface area (Å²) in [6.45, 7) is 0.619. The number of hydrogen-bond acceptors (Lipinski definition) is 3. The van der Waals surface area contributed by atoms with E-state index in [0.29, 0.717) is 24.8 Å². The van der Waals surface area contributed by atoms with Gasteiger partial charge < -0.3 is 10.4 Å². The summed E-state index contributed by atoms with van der Waals surface area (Å²) in [4.78, 5) is 11.1. The maximum Gasteiger partial charge on any atom is 0.308 e. The number of aliphatic carboxylic acids is 1. The number of nitrogens with one attached hydrogen (secondary N) is 1. The number of carbonyl (C=O) groups is 1. The van der Waals surface area contributed by atoms with Crippen LogP contribution in [-0.2, 0) is 4.79 Å². The third kappa shape index (κ3) is 1.84.